The second-order valence-electron chi connectivity index (χ2n) is 11.7. The molecule has 0 radical (unpaired) electrons. The van der Waals surface area contributed by atoms with Crippen molar-refractivity contribution in [2.24, 2.45) is 11.8 Å². The quantitative estimate of drug-likeness (QED) is 0.549. The topological polar surface area (TPSA) is 49.9 Å². The molecular formula is C28H42N2O3. The van der Waals surface area contributed by atoms with Gasteiger partial charge < -0.3 is 14.5 Å². The van der Waals surface area contributed by atoms with Gasteiger partial charge in [0.25, 0.3) is 0 Å². The van der Waals surface area contributed by atoms with Gasteiger partial charge in [-0.3, -0.25) is 9.59 Å². The zero-order valence-corrected chi connectivity index (χ0v) is 21.2. The van der Waals surface area contributed by atoms with Crippen LogP contribution in [0.3, 0.4) is 0 Å². The normalized spacial score (nSPS) is 27.2. The number of carbonyl (C=O) groups excluding carboxylic acids is 2. The van der Waals surface area contributed by atoms with E-state index in [1.165, 1.54) is 25.7 Å². The first-order chi connectivity index (χ1) is 15.6. The molecule has 1 aromatic carbocycles. The minimum absolute atomic E-state index is 0.0675. The van der Waals surface area contributed by atoms with Gasteiger partial charge in [0.1, 0.15) is 5.60 Å². The summed E-state index contributed by atoms with van der Waals surface area (Å²) in [6, 6.07) is 8.94. The van der Waals surface area contributed by atoms with Crippen molar-refractivity contribution in [2.75, 3.05) is 18.0 Å². The second kappa shape index (κ2) is 9.77. The third kappa shape index (κ3) is 5.45. The van der Waals surface area contributed by atoms with Crippen LogP contribution in [0.4, 0.5) is 5.69 Å². The van der Waals surface area contributed by atoms with Crippen LogP contribution in [0.25, 0.3) is 0 Å². The Kier molecular flexibility index (Phi) is 7.18. The van der Waals surface area contributed by atoms with E-state index in [1.807, 2.05) is 49.9 Å². The molecule has 1 amide bonds. The van der Waals surface area contributed by atoms with Crippen LogP contribution in [0, 0.1) is 11.8 Å². The molecule has 1 aliphatic carbocycles. The zero-order chi connectivity index (χ0) is 23.8. The maximum Gasteiger partial charge on any atom is 0.307 e. The largest absolute Gasteiger partial charge is 0.460 e. The number of rotatable bonds is 5. The standard InChI is InChI=1S/C28H42N2O3/c1-19(2)20-10-12-21(13-11-20)29-16-14-22(15-17-29)30-25-9-7-6-8-23(25)24(27(30)32)18-26(31)33-28(3,4)5/h6-9,19-22,24H,10-18H2,1-5H3/t20-,21-,24?. The number of hydrogen-bond donors (Lipinski definition) is 0. The fourth-order valence-electron chi connectivity index (χ4n) is 6.19. The first-order valence-electron chi connectivity index (χ1n) is 13.0. The van der Waals surface area contributed by atoms with E-state index >= 15 is 0 Å². The van der Waals surface area contributed by atoms with Gasteiger partial charge in [-0.1, -0.05) is 32.0 Å². The highest BCUT2D eigenvalue weighted by Gasteiger charge is 2.43. The summed E-state index contributed by atoms with van der Waals surface area (Å²) in [5.41, 5.74) is 1.42. The van der Waals surface area contributed by atoms with E-state index in [2.05, 4.69) is 18.7 Å². The van der Waals surface area contributed by atoms with Crippen LogP contribution in [0.15, 0.2) is 24.3 Å². The number of esters is 1. The summed E-state index contributed by atoms with van der Waals surface area (Å²) >= 11 is 0. The van der Waals surface area contributed by atoms with Crippen molar-refractivity contribution >= 4 is 17.6 Å². The summed E-state index contributed by atoms with van der Waals surface area (Å²) < 4.78 is 5.53. The average molecular weight is 455 g/mol. The molecule has 33 heavy (non-hydrogen) atoms. The predicted molar refractivity (Wildman–Crippen MR) is 132 cm³/mol. The molecule has 2 aliphatic heterocycles. The van der Waals surface area contributed by atoms with Gasteiger partial charge in [0.2, 0.25) is 5.91 Å². The Morgan fingerprint density at radius 3 is 2.24 bits per heavy atom. The van der Waals surface area contributed by atoms with Crippen LogP contribution in [-0.4, -0.2) is 47.6 Å². The Balaban J connectivity index is 1.39. The first kappa shape index (κ1) is 24.3. The van der Waals surface area contributed by atoms with E-state index in [0.717, 1.165) is 49.0 Å². The summed E-state index contributed by atoms with van der Waals surface area (Å²) in [7, 11) is 0. The molecule has 3 aliphatic rings. The van der Waals surface area contributed by atoms with E-state index in [-0.39, 0.29) is 24.3 Å². The van der Waals surface area contributed by atoms with Crippen molar-refractivity contribution in [3.63, 3.8) is 0 Å². The Morgan fingerprint density at radius 1 is 1.00 bits per heavy atom. The Morgan fingerprint density at radius 2 is 1.64 bits per heavy atom. The lowest BCUT2D eigenvalue weighted by molar-refractivity contribution is -0.156. The molecule has 0 bridgehead atoms. The third-order valence-corrected chi connectivity index (χ3v) is 7.96. The predicted octanol–water partition coefficient (Wildman–Crippen LogP) is 5.53. The molecule has 0 N–H and O–H groups in total. The monoisotopic (exact) mass is 454 g/mol. The highest BCUT2D eigenvalue weighted by Crippen LogP contribution is 2.42. The lowest BCUT2D eigenvalue weighted by atomic mass is 9.79. The van der Waals surface area contributed by atoms with E-state index in [4.69, 9.17) is 4.74 Å². The first-order valence-corrected chi connectivity index (χ1v) is 13.0. The van der Waals surface area contributed by atoms with Crippen molar-refractivity contribution < 1.29 is 14.3 Å². The number of benzene rings is 1. The number of para-hydroxylation sites is 1. The summed E-state index contributed by atoms with van der Waals surface area (Å²) in [5.74, 6) is 1.02. The van der Waals surface area contributed by atoms with Crippen LogP contribution in [0.5, 0.6) is 0 Å². The highest BCUT2D eigenvalue weighted by molar-refractivity contribution is 6.06. The molecule has 1 atom stereocenters. The van der Waals surface area contributed by atoms with E-state index < -0.39 is 11.5 Å². The van der Waals surface area contributed by atoms with Gasteiger partial charge in [-0.05, 0) is 82.8 Å². The maximum absolute atomic E-state index is 13.6. The smallest absolute Gasteiger partial charge is 0.307 e. The molecule has 0 spiro atoms. The van der Waals surface area contributed by atoms with Gasteiger partial charge in [-0.15, -0.1) is 0 Å². The van der Waals surface area contributed by atoms with E-state index in [0.29, 0.717) is 6.04 Å². The SMILES string of the molecule is CC(C)[C@H]1CC[C@H](N2CCC(N3C(=O)C(CC(=O)OC(C)(C)C)c4ccccc43)CC2)CC1. The van der Waals surface area contributed by atoms with Gasteiger partial charge in [0.05, 0.1) is 12.3 Å². The molecule has 1 aromatic rings. The maximum atomic E-state index is 13.6. The number of piperidine rings is 1. The Bertz CT molecular complexity index is 843. The molecule has 5 heteroatoms. The van der Waals surface area contributed by atoms with Gasteiger partial charge in [0.15, 0.2) is 0 Å². The number of likely N-dealkylation sites (tertiary alicyclic amines) is 1. The van der Waals surface area contributed by atoms with Gasteiger partial charge in [-0.25, -0.2) is 0 Å². The molecule has 1 saturated carbocycles. The summed E-state index contributed by atoms with van der Waals surface area (Å²) in [6.07, 6.45) is 7.46. The fraction of sp³-hybridized carbons (Fsp3) is 0.714. The van der Waals surface area contributed by atoms with Crippen molar-refractivity contribution in [3.05, 3.63) is 29.8 Å². The van der Waals surface area contributed by atoms with Crippen LogP contribution in [-0.2, 0) is 14.3 Å². The average Bonchev–Trinajstić information content (AvgIpc) is 3.04. The number of fused-ring (bicyclic) bond motifs is 1. The minimum Gasteiger partial charge on any atom is -0.460 e. The molecular weight excluding hydrogens is 412 g/mol. The number of carbonyl (C=O) groups is 2. The summed E-state index contributed by atoms with van der Waals surface area (Å²) in [5, 5.41) is 0. The molecule has 1 unspecified atom stereocenters. The highest BCUT2D eigenvalue weighted by atomic mass is 16.6. The molecule has 182 valence electrons. The molecule has 0 aromatic heterocycles. The van der Waals surface area contributed by atoms with Crippen molar-refractivity contribution in [3.8, 4) is 0 Å². The van der Waals surface area contributed by atoms with Crippen LogP contribution >= 0.6 is 0 Å². The lowest BCUT2D eigenvalue weighted by Gasteiger charge is -2.43. The van der Waals surface area contributed by atoms with E-state index in [9.17, 15) is 9.59 Å². The number of amides is 1. The second-order valence-corrected chi connectivity index (χ2v) is 11.7. The Hall–Kier alpha value is -1.88. The number of ether oxygens (including phenoxy) is 1. The van der Waals surface area contributed by atoms with E-state index in [1.54, 1.807) is 0 Å². The molecule has 2 heterocycles. The molecule has 2 fully saturated rings. The van der Waals surface area contributed by atoms with Gasteiger partial charge >= 0.3 is 5.97 Å². The van der Waals surface area contributed by atoms with Crippen LogP contribution in [0.2, 0.25) is 0 Å². The van der Waals surface area contributed by atoms with Crippen LogP contribution in [0.1, 0.15) is 91.0 Å². The lowest BCUT2D eigenvalue weighted by Crippen LogP contribution is -2.50. The molecule has 5 nitrogen and oxygen atoms in total. The number of anilines is 1. The van der Waals surface area contributed by atoms with Crippen molar-refractivity contribution in [1.29, 1.82) is 0 Å². The van der Waals surface area contributed by atoms with Crippen molar-refractivity contribution in [1.82, 2.24) is 4.90 Å². The van der Waals surface area contributed by atoms with Crippen LogP contribution < -0.4 is 4.90 Å². The van der Waals surface area contributed by atoms with Gasteiger partial charge in [0, 0.05) is 30.9 Å². The number of hydrogen-bond acceptors (Lipinski definition) is 4. The zero-order valence-electron chi connectivity index (χ0n) is 21.2. The van der Waals surface area contributed by atoms with Gasteiger partial charge in [-0.2, -0.15) is 0 Å². The Labute approximate surface area is 199 Å². The summed E-state index contributed by atoms with van der Waals surface area (Å²) in [4.78, 5) is 30.8. The van der Waals surface area contributed by atoms with Crippen molar-refractivity contribution in [2.45, 2.75) is 103 Å². The summed E-state index contributed by atoms with van der Waals surface area (Å²) in [6.45, 7) is 12.4. The number of nitrogens with zero attached hydrogens (tertiary/aromatic N) is 2. The molecule has 1 saturated heterocycles. The molecule has 4 rings (SSSR count). The fourth-order valence-corrected chi connectivity index (χ4v) is 6.19. The third-order valence-electron chi connectivity index (χ3n) is 7.96. The minimum atomic E-state index is -0.543.